The van der Waals surface area contributed by atoms with Crippen LogP contribution in [0.2, 0.25) is 0 Å². The van der Waals surface area contributed by atoms with Gasteiger partial charge in [-0.3, -0.25) is 4.79 Å². The van der Waals surface area contributed by atoms with Crippen LogP contribution in [0.15, 0.2) is 41.3 Å². The average molecular weight is 275 g/mol. The minimum atomic E-state index is -0.271. The highest BCUT2D eigenvalue weighted by Crippen LogP contribution is 2.22. The number of carbonyl (C=O) groups excluding carboxylic acids is 1. The molecule has 1 aromatic heterocycles. The quantitative estimate of drug-likeness (QED) is 0.836. The van der Waals surface area contributed by atoms with Crippen LogP contribution in [0.25, 0.3) is 11.3 Å². The van der Waals surface area contributed by atoms with Gasteiger partial charge in [0.25, 0.3) is 0 Å². The Morgan fingerprint density at radius 3 is 3.05 bits per heavy atom. The number of methoxy groups -OCH3 is 1. The summed E-state index contributed by atoms with van der Waals surface area (Å²) >= 11 is 0. The number of nitrogens with two attached hydrogens (primary N) is 1. The molecule has 1 amide bonds. The third-order valence-electron chi connectivity index (χ3n) is 2.87. The molecule has 6 nitrogen and oxygen atoms in total. The summed E-state index contributed by atoms with van der Waals surface area (Å²) < 4.78 is 10.3. The Balaban J connectivity index is 2.03. The number of oxazole rings is 1. The fraction of sp³-hybridized carbons (Fsp3) is 0.286. The van der Waals surface area contributed by atoms with Crippen LogP contribution in [0, 0.1) is 0 Å². The monoisotopic (exact) mass is 275 g/mol. The molecule has 6 heteroatoms. The van der Waals surface area contributed by atoms with E-state index in [1.54, 1.807) is 6.20 Å². The van der Waals surface area contributed by atoms with Crippen LogP contribution in [-0.4, -0.2) is 30.6 Å². The molecule has 106 valence electrons. The topological polar surface area (TPSA) is 90.4 Å². The van der Waals surface area contributed by atoms with E-state index in [4.69, 9.17) is 14.9 Å². The summed E-state index contributed by atoms with van der Waals surface area (Å²) in [7, 11) is 1.54. The average Bonchev–Trinajstić information content (AvgIpc) is 2.99. The van der Waals surface area contributed by atoms with Gasteiger partial charge < -0.3 is 20.2 Å². The van der Waals surface area contributed by atoms with Crippen molar-refractivity contribution in [2.45, 2.75) is 12.5 Å². The van der Waals surface area contributed by atoms with Gasteiger partial charge in [-0.25, -0.2) is 4.98 Å². The molecule has 0 fully saturated rings. The van der Waals surface area contributed by atoms with Crippen molar-refractivity contribution in [3.63, 3.8) is 0 Å². The number of aromatic nitrogens is 1. The third kappa shape index (κ3) is 3.66. The van der Waals surface area contributed by atoms with Crippen LogP contribution in [0.1, 0.15) is 6.42 Å². The second-order valence-corrected chi connectivity index (χ2v) is 4.29. The zero-order valence-electron chi connectivity index (χ0n) is 11.2. The number of ether oxygens (including phenoxy) is 1. The molecular weight excluding hydrogens is 258 g/mol. The lowest BCUT2D eigenvalue weighted by atomic mass is 10.1. The Labute approximate surface area is 116 Å². The number of carbonyl (C=O) groups is 1. The van der Waals surface area contributed by atoms with Crippen LogP contribution in [0.4, 0.5) is 5.69 Å². The number of nitrogens with one attached hydrogen (secondary N) is 1. The van der Waals surface area contributed by atoms with Crippen molar-refractivity contribution in [1.29, 1.82) is 0 Å². The summed E-state index contributed by atoms with van der Waals surface area (Å²) in [4.78, 5) is 15.7. The first-order valence-electron chi connectivity index (χ1n) is 6.24. The van der Waals surface area contributed by atoms with Crippen molar-refractivity contribution in [3.8, 4) is 11.3 Å². The van der Waals surface area contributed by atoms with Gasteiger partial charge in [-0.2, -0.15) is 0 Å². The lowest BCUT2D eigenvalue weighted by Gasteiger charge is -2.12. The van der Waals surface area contributed by atoms with Crippen LogP contribution in [0.5, 0.6) is 0 Å². The highest BCUT2D eigenvalue weighted by Gasteiger charge is 2.12. The fourth-order valence-electron chi connectivity index (χ4n) is 1.79. The lowest BCUT2D eigenvalue weighted by molar-refractivity contribution is -0.118. The SMILES string of the molecule is COC(CN)CC(=O)Nc1cccc(-c2cnco2)c1. The Morgan fingerprint density at radius 2 is 2.40 bits per heavy atom. The third-order valence-corrected chi connectivity index (χ3v) is 2.87. The minimum Gasteiger partial charge on any atom is -0.444 e. The van der Waals surface area contributed by atoms with E-state index in [1.165, 1.54) is 13.5 Å². The number of rotatable bonds is 6. The molecule has 0 aliphatic rings. The van der Waals surface area contributed by atoms with Crippen molar-refractivity contribution < 1.29 is 13.9 Å². The van der Waals surface area contributed by atoms with Crippen molar-refractivity contribution in [2.75, 3.05) is 19.0 Å². The Morgan fingerprint density at radius 1 is 1.55 bits per heavy atom. The molecule has 1 heterocycles. The van der Waals surface area contributed by atoms with Gasteiger partial charge in [-0.1, -0.05) is 12.1 Å². The highest BCUT2D eigenvalue weighted by molar-refractivity contribution is 5.91. The molecule has 1 atom stereocenters. The van der Waals surface area contributed by atoms with Gasteiger partial charge in [0.15, 0.2) is 12.2 Å². The second-order valence-electron chi connectivity index (χ2n) is 4.29. The number of anilines is 1. The Kier molecular flexibility index (Phi) is 4.86. The molecule has 0 aliphatic heterocycles. The second kappa shape index (κ2) is 6.83. The number of benzene rings is 1. The summed E-state index contributed by atoms with van der Waals surface area (Å²) in [5.41, 5.74) is 7.03. The largest absolute Gasteiger partial charge is 0.444 e. The van der Waals surface area contributed by atoms with Gasteiger partial charge in [0.1, 0.15) is 0 Å². The number of amides is 1. The first kappa shape index (κ1) is 14.2. The first-order chi connectivity index (χ1) is 9.72. The molecule has 3 N–H and O–H groups in total. The van der Waals surface area contributed by atoms with Gasteiger partial charge >= 0.3 is 0 Å². The van der Waals surface area contributed by atoms with Crippen LogP contribution in [0.3, 0.4) is 0 Å². The molecule has 0 radical (unpaired) electrons. The van der Waals surface area contributed by atoms with Crippen molar-refractivity contribution in [3.05, 3.63) is 36.9 Å². The summed E-state index contributed by atoms with van der Waals surface area (Å²) in [6.07, 6.45) is 2.94. The van der Waals surface area contributed by atoms with E-state index in [1.807, 2.05) is 24.3 Å². The van der Waals surface area contributed by atoms with Crippen molar-refractivity contribution >= 4 is 11.6 Å². The van der Waals surface area contributed by atoms with Crippen LogP contribution < -0.4 is 11.1 Å². The molecule has 2 rings (SSSR count). The smallest absolute Gasteiger partial charge is 0.227 e. The van der Waals surface area contributed by atoms with E-state index in [-0.39, 0.29) is 18.4 Å². The van der Waals surface area contributed by atoms with E-state index in [9.17, 15) is 4.79 Å². The molecule has 20 heavy (non-hydrogen) atoms. The van der Waals surface area contributed by atoms with E-state index in [2.05, 4.69) is 10.3 Å². The Hall–Kier alpha value is -2.18. The van der Waals surface area contributed by atoms with E-state index in [0.29, 0.717) is 18.0 Å². The highest BCUT2D eigenvalue weighted by atomic mass is 16.5. The van der Waals surface area contributed by atoms with Gasteiger partial charge in [0, 0.05) is 24.9 Å². The molecule has 1 unspecified atom stereocenters. The van der Waals surface area contributed by atoms with E-state index in [0.717, 1.165) is 5.56 Å². The predicted octanol–water partition coefficient (Wildman–Crippen LogP) is 1.64. The van der Waals surface area contributed by atoms with Crippen molar-refractivity contribution in [1.82, 2.24) is 4.98 Å². The van der Waals surface area contributed by atoms with Gasteiger partial charge in [0.05, 0.1) is 18.7 Å². The van der Waals surface area contributed by atoms with Crippen molar-refractivity contribution in [2.24, 2.45) is 5.73 Å². The predicted molar refractivity (Wildman–Crippen MR) is 75.0 cm³/mol. The molecule has 0 bridgehead atoms. The van der Waals surface area contributed by atoms with Gasteiger partial charge in [-0.05, 0) is 12.1 Å². The summed E-state index contributed by atoms with van der Waals surface area (Å²) in [6.45, 7) is 0.308. The zero-order chi connectivity index (χ0) is 14.4. The first-order valence-corrected chi connectivity index (χ1v) is 6.24. The Bertz CT molecular complexity index is 551. The molecule has 0 saturated heterocycles. The number of hydrogen-bond donors (Lipinski definition) is 2. The molecule has 2 aromatic rings. The summed E-state index contributed by atoms with van der Waals surface area (Å²) in [5.74, 6) is 0.509. The summed E-state index contributed by atoms with van der Waals surface area (Å²) in [5, 5.41) is 2.81. The maximum atomic E-state index is 11.9. The lowest BCUT2D eigenvalue weighted by Crippen LogP contribution is -2.28. The molecule has 1 aromatic carbocycles. The van der Waals surface area contributed by atoms with Crippen LogP contribution >= 0.6 is 0 Å². The van der Waals surface area contributed by atoms with E-state index >= 15 is 0 Å². The standard InChI is InChI=1S/C14H17N3O3/c1-19-12(7-15)6-14(18)17-11-4-2-3-10(5-11)13-8-16-9-20-13/h2-5,8-9,12H,6-7,15H2,1H3,(H,17,18). The van der Waals surface area contributed by atoms with E-state index < -0.39 is 0 Å². The number of nitrogens with zero attached hydrogens (tertiary/aromatic N) is 1. The molecular formula is C14H17N3O3. The zero-order valence-corrected chi connectivity index (χ0v) is 11.2. The maximum absolute atomic E-state index is 11.9. The fourth-order valence-corrected chi connectivity index (χ4v) is 1.79. The summed E-state index contributed by atoms with van der Waals surface area (Å²) in [6, 6.07) is 7.35. The minimum absolute atomic E-state index is 0.142. The normalized spacial score (nSPS) is 12.1. The molecule has 0 saturated carbocycles. The number of hydrogen-bond acceptors (Lipinski definition) is 5. The molecule has 0 spiro atoms. The van der Waals surface area contributed by atoms with Crippen LogP contribution in [-0.2, 0) is 9.53 Å². The van der Waals surface area contributed by atoms with Gasteiger partial charge in [0.2, 0.25) is 5.91 Å². The van der Waals surface area contributed by atoms with Gasteiger partial charge in [-0.15, -0.1) is 0 Å². The maximum Gasteiger partial charge on any atom is 0.227 e. The molecule has 0 aliphatic carbocycles.